The van der Waals surface area contributed by atoms with E-state index in [0.29, 0.717) is 6.42 Å². The van der Waals surface area contributed by atoms with Crippen LogP contribution in [0.15, 0.2) is 36.5 Å². The Morgan fingerprint density at radius 2 is 1.02 bits per heavy atom. The molecule has 0 bridgehead atoms. The molecule has 0 fully saturated rings. The van der Waals surface area contributed by atoms with Crippen molar-refractivity contribution in [1.29, 1.82) is 0 Å². The number of quaternary nitrogens is 1. The topological polar surface area (TPSA) is 102 Å². The zero-order valence-electron chi connectivity index (χ0n) is 36.3. The second-order valence-corrected chi connectivity index (χ2v) is 16.3. The summed E-state index contributed by atoms with van der Waals surface area (Å²) in [5.41, 5.74) is 0. The maximum atomic E-state index is 12.7. The second-order valence-electron chi connectivity index (χ2n) is 16.3. The van der Waals surface area contributed by atoms with Crippen LogP contribution in [0.3, 0.4) is 0 Å². The predicted octanol–water partition coefficient (Wildman–Crippen LogP) is 10.9. The van der Waals surface area contributed by atoms with E-state index in [1.165, 1.54) is 96.3 Å². The summed E-state index contributed by atoms with van der Waals surface area (Å²) in [6.45, 7) is 4.53. The Morgan fingerprint density at radius 3 is 1.51 bits per heavy atom. The quantitative estimate of drug-likeness (QED) is 0.0264. The molecule has 0 aliphatic carbocycles. The van der Waals surface area contributed by atoms with Gasteiger partial charge in [-0.15, -0.1) is 0 Å². The molecule has 2 atom stereocenters. The van der Waals surface area contributed by atoms with Crippen LogP contribution in [0, 0.1) is 0 Å². The summed E-state index contributed by atoms with van der Waals surface area (Å²) in [4.78, 5) is 36.8. The molecule has 320 valence electrons. The van der Waals surface area contributed by atoms with Gasteiger partial charge in [0.2, 0.25) is 0 Å². The first-order chi connectivity index (χ1) is 26.6. The molecule has 0 spiro atoms. The lowest BCUT2D eigenvalue weighted by Crippen LogP contribution is -2.55. The molecule has 0 aromatic carbocycles. The number of unbranched alkanes of at least 4 members (excludes halogenated alkanes) is 20. The minimum atomic E-state index is -1.13. The van der Waals surface area contributed by atoms with Gasteiger partial charge in [0, 0.05) is 19.3 Å². The van der Waals surface area contributed by atoms with E-state index in [0.717, 1.165) is 64.2 Å². The Kier molecular flexibility index (Phi) is 36.7. The molecule has 0 N–H and O–H groups in total. The standard InChI is InChI=1S/C47H85NO7/c1-6-8-10-12-14-16-18-20-21-22-23-24-26-27-29-31-33-35-37-45(49)54-42-43(41-53-40-39-44(47(51)52)48(3,4)5)55-46(50)38-36-34-32-30-28-25-19-17-15-13-11-9-7-2/h9,11,15,17,25,28,43-44H,6-8,10,12-14,16,18-24,26-27,29-42H2,1-5H3/b11-9-,17-15-,28-25-. The molecule has 0 saturated heterocycles. The van der Waals surface area contributed by atoms with E-state index in [2.05, 4.69) is 50.3 Å². The third-order valence-corrected chi connectivity index (χ3v) is 10.0. The molecule has 0 aromatic heterocycles. The van der Waals surface area contributed by atoms with Gasteiger partial charge in [-0.3, -0.25) is 9.59 Å². The number of carboxylic acids is 1. The van der Waals surface area contributed by atoms with Gasteiger partial charge < -0.3 is 28.6 Å². The highest BCUT2D eigenvalue weighted by molar-refractivity contribution is 5.70. The van der Waals surface area contributed by atoms with E-state index in [-0.39, 0.29) is 49.1 Å². The van der Waals surface area contributed by atoms with Gasteiger partial charge >= 0.3 is 11.9 Å². The van der Waals surface area contributed by atoms with E-state index in [1.807, 2.05) is 0 Å². The Balaban J connectivity index is 4.31. The lowest BCUT2D eigenvalue weighted by molar-refractivity contribution is -0.889. The molecule has 0 rings (SSSR count). The van der Waals surface area contributed by atoms with E-state index in [9.17, 15) is 19.5 Å². The van der Waals surface area contributed by atoms with E-state index >= 15 is 0 Å². The Morgan fingerprint density at radius 1 is 0.564 bits per heavy atom. The van der Waals surface area contributed by atoms with Crippen molar-refractivity contribution in [2.24, 2.45) is 0 Å². The van der Waals surface area contributed by atoms with Crippen molar-refractivity contribution in [3.05, 3.63) is 36.5 Å². The fourth-order valence-electron chi connectivity index (χ4n) is 6.56. The van der Waals surface area contributed by atoms with Crippen LogP contribution in [0.25, 0.3) is 0 Å². The van der Waals surface area contributed by atoms with Crippen molar-refractivity contribution in [3.63, 3.8) is 0 Å². The van der Waals surface area contributed by atoms with Crippen LogP contribution in [0.5, 0.6) is 0 Å². The van der Waals surface area contributed by atoms with Gasteiger partial charge in [-0.2, -0.15) is 0 Å². The number of hydrogen-bond acceptors (Lipinski definition) is 7. The Bertz CT molecular complexity index is 1000. The molecular weight excluding hydrogens is 691 g/mol. The van der Waals surface area contributed by atoms with Crippen LogP contribution in [0.1, 0.15) is 194 Å². The van der Waals surface area contributed by atoms with Crippen LogP contribution in [0.2, 0.25) is 0 Å². The molecule has 2 unspecified atom stereocenters. The molecule has 8 heteroatoms. The summed E-state index contributed by atoms with van der Waals surface area (Å²) in [5.74, 6) is -1.77. The molecular formula is C47H85NO7. The number of allylic oxidation sites excluding steroid dienone is 6. The number of carbonyl (C=O) groups excluding carboxylic acids is 3. The van der Waals surface area contributed by atoms with Crippen molar-refractivity contribution in [3.8, 4) is 0 Å². The number of carbonyl (C=O) groups is 3. The van der Waals surface area contributed by atoms with Gasteiger partial charge in [0.25, 0.3) is 0 Å². The van der Waals surface area contributed by atoms with Crippen molar-refractivity contribution >= 4 is 17.9 Å². The lowest BCUT2D eigenvalue weighted by atomic mass is 10.0. The minimum absolute atomic E-state index is 0.0310. The molecule has 55 heavy (non-hydrogen) atoms. The number of aliphatic carboxylic acids is 1. The van der Waals surface area contributed by atoms with E-state index in [1.54, 1.807) is 21.1 Å². The highest BCUT2D eigenvalue weighted by Gasteiger charge is 2.25. The van der Waals surface area contributed by atoms with Crippen LogP contribution in [-0.2, 0) is 28.6 Å². The van der Waals surface area contributed by atoms with E-state index in [4.69, 9.17) is 14.2 Å². The van der Waals surface area contributed by atoms with Crippen molar-refractivity contribution in [2.45, 2.75) is 206 Å². The maximum absolute atomic E-state index is 12.7. The van der Waals surface area contributed by atoms with Gasteiger partial charge in [0.1, 0.15) is 12.6 Å². The largest absolute Gasteiger partial charge is 0.544 e. The van der Waals surface area contributed by atoms with E-state index < -0.39 is 18.1 Å². The molecule has 0 aromatic rings. The average molecular weight is 776 g/mol. The highest BCUT2D eigenvalue weighted by Crippen LogP contribution is 2.15. The van der Waals surface area contributed by atoms with Crippen LogP contribution in [-0.4, -0.2) is 75.5 Å². The molecule has 0 saturated carbocycles. The zero-order chi connectivity index (χ0) is 40.7. The monoisotopic (exact) mass is 776 g/mol. The molecule has 0 aliphatic rings. The molecule has 0 heterocycles. The maximum Gasteiger partial charge on any atom is 0.306 e. The van der Waals surface area contributed by atoms with Gasteiger partial charge in [0.15, 0.2) is 6.10 Å². The van der Waals surface area contributed by atoms with Crippen molar-refractivity contribution < 1.29 is 38.2 Å². The number of nitrogens with zero attached hydrogens (tertiary/aromatic N) is 1. The van der Waals surface area contributed by atoms with Gasteiger partial charge in [-0.25, -0.2) is 0 Å². The molecule has 0 amide bonds. The first-order valence-electron chi connectivity index (χ1n) is 22.5. The third-order valence-electron chi connectivity index (χ3n) is 10.0. The SMILES string of the molecule is CC/C=C\C/C=C\C/C=C\CCCCCC(=O)OC(COCCC(C(=O)[O-])[N+](C)(C)C)COC(=O)CCCCCCCCCCCCCCCCCCCC. The lowest BCUT2D eigenvalue weighted by Gasteiger charge is -2.34. The summed E-state index contributed by atoms with van der Waals surface area (Å²) >= 11 is 0. The number of carboxylic acid groups (broad SMARTS) is 1. The average Bonchev–Trinajstić information content (AvgIpc) is 3.14. The predicted molar refractivity (Wildman–Crippen MR) is 227 cm³/mol. The molecule has 8 nitrogen and oxygen atoms in total. The number of esters is 2. The highest BCUT2D eigenvalue weighted by atomic mass is 16.6. The summed E-state index contributed by atoms with van der Waals surface area (Å²) in [7, 11) is 5.40. The number of hydrogen-bond donors (Lipinski definition) is 0. The second kappa shape index (κ2) is 38.4. The fourth-order valence-corrected chi connectivity index (χ4v) is 6.56. The molecule has 0 radical (unpaired) electrons. The zero-order valence-corrected chi connectivity index (χ0v) is 36.3. The summed E-state index contributed by atoms with van der Waals surface area (Å²) in [6, 6.07) is -0.729. The first kappa shape index (κ1) is 52.6. The normalized spacial score (nSPS) is 13.3. The minimum Gasteiger partial charge on any atom is -0.544 e. The first-order valence-corrected chi connectivity index (χ1v) is 22.5. The summed E-state index contributed by atoms with van der Waals surface area (Å²) in [6.07, 6.45) is 43.2. The summed E-state index contributed by atoms with van der Waals surface area (Å²) in [5, 5.41) is 11.6. The molecule has 0 aliphatic heterocycles. The van der Waals surface area contributed by atoms with Crippen molar-refractivity contribution in [2.75, 3.05) is 41.0 Å². The number of rotatable bonds is 40. The number of ether oxygens (including phenoxy) is 3. The summed E-state index contributed by atoms with van der Waals surface area (Å²) < 4.78 is 17.1. The Hall–Kier alpha value is -2.45. The van der Waals surface area contributed by atoms with Gasteiger partial charge in [-0.05, 0) is 44.9 Å². The smallest absolute Gasteiger partial charge is 0.306 e. The van der Waals surface area contributed by atoms with Gasteiger partial charge in [0.05, 0.1) is 40.3 Å². The third kappa shape index (κ3) is 36.9. The van der Waals surface area contributed by atoms with Gasteiger partial charge in [-0.1, -0.05) is 166 Å². The Labute approximate surface area is 338 Å². The fraction of sp³-hybridized carbons (Fsp3) is 0.809. The van der Waals surface area contributed by atoms with Crippen LogP contribution < -0.4 is 5.11 Å². The van der Waals surface area contributed by atoms with Crippen LogP contribution >= 0.6 is 0 Å². The van der Waals surface area contributed by atoms with Crippen molar-refractivity contribution in [1.82, 2.24) is 0 Å². The van der Waals surface area contributed by atoms with Crippen LogP contribution in [0.4, 0.5) is 0 Å². The number of likely N-dealkylation sites (N-methyl/N-ethyl adjacent to an activating group) is 1.